The number of amides is 1. The largest absolute Gasteiger partial charge is 0.493 e. The fourth-order valence-corrected chi connectivity index (χ4v) is 3.73. The first-order chi connectivity index (χ1) is 14.1. The van der Waals surface area contributed by atoms with Gasteiger partial charge in [0.15, 0.2) is 23.0 Å². The van der Waals surface area contributed by atoms with Crippen molar-refractivity contribution in [1.82, 2.24) is 10.1 Å². The van der Waals surface area contributed by atoms with Gasteiger partial charge in [0.1, 0.15) is 5.82 Å². The summed E-state index contributed by atoms with van der Waals surface area (Å²) in [7, 11) is 3.11. The second-order valence-electron chi connectivity index (χ2n) is 6.82. The van der Waals surface area contributed by atoms with Crippen molar-refractivity contribution in [1.29, 1.82) is 0 Å². The molecule has 1 fully saturated rings. The smallest absolute Gasteiger partial charge is 0.276 e. The summed E-state index contributed by atoms with van der Waals surface area (Å²) in [6.45, 7) is 0.552. The summed E-state index contributed by atoms with van der Waals surface area (Å²) >= 11 is 0. The number of methoxy groups -OCH3 is 2. The van der Waals surface area contributed by atoms with E-state index in [1.54, 1.807) is 61.6 Å². The predicted octanol–water partition coefficient (Wildman–Crippen LogP) is 4.48. The van der Waals surface area contributed by atoms with E-state index in [1.165, 1.54) is 6.07 Å². The average molecular weight is 396 g/mol. The Labute approximate surface area is 167 Å². The minimum Gasteiger partial charge on any atom is -0.493 e. The molecule has 1 aromatic heterocycles. The topological polar surface area (TPSA) is 64.8 Å². The van der Waals surface area contributed by atoms with Gasteiger partial charge in [0.05, 0.1) is 20.3 Å². The third kappa shape index (κ3) is 3.55. The zero-order chi connectivity index (χ0) is 20.4. The van der Waals surface area contributed by atoms with Crippen molar-refractivity contribution >= 4 is 5.91 Å². The van der Waals surface area contributed by atoms with Crippen molar-refractivity contribution in [2.75, 3.05) is 20.8 Å². The van der Waals surface area contributed by atoms with Crippen LogP contribution in [0, 0.1) is 5.82 Å². The number of likely N-dealkylation sites (tertiary alicyclic amines) is 1. The van der Waals surface area contributed by atoms with Gasteiger partial charge >= 0.3 is 0 Å². The van der Waals surface area contributed by atoms with Crippen LogP contribution in [0.25, 0.3) is 11.3 Å². The lowest BCUT2D eigenvalue weighted by atomic mass is 10.0. The van der Waals surface area contributed by atoms with Crippen molar-refractivity contribution < 1.29 is 23.2 Å². The molecule has 4 rings (SSSR count). The lowest BCUT2D eigenvalue weighted by Crippen LogP contribution is -2.31. The molecule has 29 heavy (non-hydrogen) atoms. The van der Waals surface area contributed by atoms with Crippen LogP contribution in [0.1, 0.15) is 34.9 Å². The summed E-state index contributed by atoms with van der Waals surface area (Å²) < 4.78 is 30.2. The van der Waals surface area contributed by atoms with Crippen LogP contribution in [0.5, 0.6) is 11.5 Å². The van der Waals surface area contributed by atoms with Crippen LogP contribution in [-0.2, 0) is 0 Å². The number of aromatic nitrogens is 1. The molecule has 0 spiro atoms. The Morgan fingerprint density at radius 2 is 1.93 bits per heavy atom. The van der Waals surface area contributed by atoms with Crippen LogP contribution in [0.3, 0.4) is 0 Å². The van der Waals surface area contributed by atoms with Crippen LogP contribution >= 0.6 is 0 Å². The van der Waals surface area contributed by atoms with Gasteiger partial charge < -0.3 is 18.9 Å². The molecule has 150 valence electrons. The Bertz CT molecular complexity index is 1030. The maximum atomic E-state index is 14.2. The molecule has 0 bridgehead atoms. The number of ether oxygens (including phenoxy) is 2. The van der Waals surface area contributed by atoms with E-state index in [9.17, 15) is 9.18 Å². The van der Waals surface area contributed by atoms with Crippen LogP contribution in [0.15, 0.2) is 53.1 Å². The van der Waals surface area contributed by atoms with E-state index in [4.69, 9.17) is 14.0 Å². The molecular formula is C22H21FN2O4. The molecule has 0 aliphatic carbocycles. The number of carbonyl (C=O) groups is 1. The molecule has 2 heterocycles. The van der Waals surface area contributed by atoms with Gasteiger partial charge in [-0.2, -0.15) is 0 Å². The molecule has 3 aromatic rings. The molecule has 7 heteroatoms. The number of rotatable bonds is 5. The van der Waals surface area contributed by atoms with Gasteiger partial charge in [-0.3, -0.25) is 4.79 Å². The third-order valence-corrected chi connectivity index (χ3v) is 5.18. The first kappa shape index (κ1) is 19.0. The highest BCUT2D eigenvalue weighted by atomic mass is 19.1. The molecule has 6 nitrogen and oxygen atoms in total. The first-order valence-electron chi connectivity index (χ1n) is 9.37. The Kier molecular flexibility index (Phi) is 5.20. The summed E-state index contributed by atoms with van der Waals surface area (Å²) in [6, 6.07) is 13.2. The van der Waals surface area contributed by atoms with Crippen molar-refractivity contribution in [3.8, 4) is 22.8 Å². The fraction of sp³-hybridized carbons (Fsp3) is 0.273. The highest BCUT2D eigenvalue weighted by Crippen LogP contribution is 2.36. The van der Waals surface area contributed by atoms with Crippen LogP contribution in [-0.4, -0.2) is 36.7 Å². The Hall–Kier alpha value is -3.35. The molecule has 0 saturated carbocycles. The van der Waals surface area contributed by atoms with Gasteiger partial charge in [0.25, 0.3) is 5.91 Å². The maximum absolute atomic E-state index is 14.2. The summed E-state index contributed by atoms with van der Waals surface area (Å²) in [4.78, 5) is 14.7. The maximum Gasteiger partial charge on any atom is 0.276 e. The third-order valence-electron chi connectivity index (χ3n) is 5.18. The predicted molar refractivity (Wildman–Crippen MR) is 104 cm³/mol. The summed E-state index contributed by atoms with van der Waals surface area (Å²) in [5, 5.41) is 3.95. The lowest BCUT2D eigenvalue weighted by Gasteiger charge is -2.24. The van der Waals surface area contributed by atoms with E-state index in [-0.39, 0.29) is 23.5 Å². The second kappa shape index (κ2) is 7.95. The van der Waals surface area contributed by atoms with Gasteiger partial charge in [0, 0.05) is 23.7 Å². The second-order valence-corrected chi connectivity index (χ2v) is 6.82. The number of nitrogens with zero attached hydrogens (tertiary/aromatic N) is 2. The lowest BCUT2D eigenvalue weighted by molar-refractivity contribution is 0.0723. The van der Waals surface area contributed by atoms with E-state index in [2.05, 4.69) is 5.16 Å². The van der Waals surface area contributed by atoms with E-state index >= 15 is 0 Å². The summed E-state index contributed by atoms with van der Waals surface area (Å²) in [6.07, 6.45) is 1.53. The quantitative estimate of drug-likeness (QED) is 0.636. The van der Waals surface area contributed by atoms with Crippen LogP contribution in [0.2, 0.25) is 0 Å². The zero-order valence-electron chi connectivity index (χ0n) is 16.2. The molecule has 1 saturated heterocycles. The highest BCUT2D eigenvalue weighted by Gasteiger charge is 2.33. The van der Waals surface area contributed by atoms with Gasteiger partial charge in [0.2, 0.25) is 0 Å². The molecule has 0 radical (unpaired) electrons. The molecule has 0 unspecified atom stereocenters. The first-order valence-corrected chi connectivity index (χ1v) is 9.37. The minimum atomic E-state index is -0.302. The van der Waals surface area contributed by atoms with Gasteiger partial charge in [-0.25, -0.2) is 4.39 Å². The highest BCUT2D eigenvalue weighted by molar-refractivity contribution is 5.93. The fourth-order valence-electron chi connectivity index (χ4n) is 3.73. The number of halogens is 1. The SMILES string of the molecule is COc1ccc(-c2cc(C(=O)N3CCC[C@H]3c3ccccc3F)no2)cc1OC. The molecule has 0 N–H and O–H groups in total. The molecule has 2 aromatic carbocycles. The standard InChI is InChI=1S/C22H21FN2O4/c1-27-19-10-9-14(12-21(19)28-2)20-13-17(24-29-20)22(26)25-11-5-8-18(25)15-6-3-4-7-16(15)23/h3-4,6-7,9-10,12-13,18H,5,8,11H2,1-2H3/t18-/m0/s1. The Morgan fingerprint density at radius 1 is 1.14 bits per heavy atom. The summed E-state index contributed by atoms with van der Waals surface area (Å²) in [5.74, 6) is 1.01. The van der Waals surface area contributed by atoms with E-state index in [0.717, 1.165) is 6.42 Å². The molecular weight excluding hydrogens is 375 g/mol. The van der Waals surface area contributed by atoms with Gasteiger partial charge in [-0.05, 0) is 37.1 Å². The minimum absolute atomic E-state index is 0.193. The monoisotopic (exact) mass is 396 g/mol. The Morgan fingerprint density at radius 3 is 2.69 bits per heavy atom. The van der Waals surface area contributed by atoms with Crippen molar-refractivity contribution in [3.05, 3.63) is 65.6 Å². The normalized spacial score (nSPS) is 16.1. The van der Waals surface area contributed by atoms with Crippen molar-refractivity contribution in [2.45, 2.75) is 18.9 Å². The molecule has 1 amide bonds. The number of carbonyl (C=O) groups excluding carboxylic acids is 1. The van der Waals surface area contributed by atoms with Crippen LogP contribution in [0.4, 0.5) is 4.39 Å². The zero-order valence-corrected chi connectivity index (χ0v) is 16.2. The van der Waals surface area contributed by atoms with Gasteiger partial charge in [-0.1, -0.05) is 23.4 Å². The van der Waals surface area contributed by atoms with Crippen molar-refractivity contribution in [3.63, 3.8) is 0 Å². The van der Waals surface area contributed by atoms with Crippen molar-refractivity contribution in [2.24, 2.45) is 0 Å². The number of hydrogen-bond donors (Lipinski definition) is 0. The van der Waals surface area contributed by atoms with Crippen LogP contribution < -0.4 is 9.47 Å². The number of hydrogen-bond acceptors (Lipinski definition) is 5. The molecule has 1 aliphatic heterocycles. The Balaban J connectivity index is 1.59. The summed E-state index contributed by atoms with van der Waals surface area (Å²) in [5.41, 5.74) is 1.43. The average Bonchev–Trinajstić information content (AvgIpc) is 3.43. The molecule has 1 aliphatic rings. The van der Waals surface area contributed by atoms with Gasteiger partial charge in [-0.15, -0.1) is 0 Å². The number of benzene rings is 2. The van der Waals surface area contributed by atoms with E-state index < -0.39 is 0 Å². The van der Waals surface area contributed by atoms with E-state index in [0.29, 0.717) is 41.4 Å². The van der Waals surface area contributed by atoms with E-state index in [1.807, 2.05) is 0 Å². The molecule has 1 atom stereocenters.